The van der Waals surface area contributed by atoms with Gasteiger partial charge in [0, 0.05) is 43.3 Å². The number of hydrogen-bond acceptors (Lipinski definition) is 4. The van der Waals surface area contributed by atoms with Crippen LogP contribution in [0.5, 0.6) is 0 Å². The molecule has 0 radical (unpaired) electrons. The van der Waals surface area contributed by atoms with Gasteiger partial charge in [-0.3, -0.25) is 14.9 Å². The quantitative estimate of drug-likeness (QED) is 0.505. The summed E-state index contributed by atoms with van der Waals surface area (Å²) in [4.78, 5) is 28.8. The lowest BCUT2D eigenvalue weighted by Crippen LogP contribution is -2.49. The smallest absolute Gasteiger partial charge is 0.258 e. The van der Waals surface area contributed by atoms with E-state index < -0.39 is 5.91 Å². The minimum atomic E-state index is -0.443. The van der Waals surface area contributed by atoms with Crippen LogP contribution in [0.25, 0.3) is 0 Å². The number of anilines is 2. The largest absolute Gasteiger partial charge is 0.367 e. The maximum Gasteiger partial charge on any atom is 0.258 e. The molecule has 0 atom stereocenters. The van der Waals surface area contributed by atoms with Crippen molar-refractivity contribution in [2.24, 2.45) is 5.92 Å². The lowest BCUT2D eigenvalue weighted by molar-refractivity contribution is -0.132. The molecule has 0 unspecified atom stereocenters. The predicted molar refractivity (Wildman–Crippen MR) is 140 cm³/mol. The summed E-state index contributed by atoms with van der Waals surface area (Å²) in [6.07, 6.45) is 0.571. The summed E-state index contributed by atoms with van der Waals surface area (Å²) in [6.45, 7) is 6.87. The molecule has 2 N–H and O–H groups in total. The summed E-state index contributed by atoms with van der Waals surface area (Å²) >= 11 is 23.7. The molecule has 0 spiro atoms. The topological polar surface area (TPSA) is 64.7 Å². The number of thiocarbonyl (C=S) groups is 1. The zero-order valence-corrected chi connectivity index (χ0v) is 21.4. The number of amides is 2. The molecule has 1 fully saturated rings. The summed E-state index contributed by atoms with van der Waals surface area (Å²) in [6, 6.07) is 10.1. The van der Waals surface area contributed by atoms with Crippen LogP contribution in [-0.4, -0.2) is 48.0 Å². The Morgan fingerprint density at radius 1 is 1.00 bits per heavy atom. The highest BCUT2D eigenvalue weighted by molar-refractivity contribution is 7.80. The fraction of sp³-hybridized carbons (Fsp3) is 0.348. The van der Waals surface area contributed by atoms with Gasteiger partial charge >= 0.3 is 0 Å². The van der Waals surface area contributed by atoms with Crippen LogP contribution < -0.4 is 15.5 Å². The third-order valence-electron chi connectivity index (χ3n) is 5.16. The van der Waals surface area contributed by atoms with Crippen LogP contribution in [0.3, 0.4) is 0 Å². The van der Waals surface area contributed by atoms with Gasteiger partial charge in [0.25, 0.3) is 5.91 Å². The van der Waals surface area contributed by atoms with Crippen molar-refractivity contribution in [3.8, 4) is 0 Å². The monoisotopic (exact) mass is 526 g/mol. The molecular formula is C23H25Cl3N4O2S. The molecule has 6 nitrogen and oxygen atoms in total. The number of hydrogen-bond donors (Lipinski definition) is 2. The van der Waals surface area contributed by atoms with Crippen LogP contribution in [0.15, 0.2) is 36.4 Å². The Hall–Kier alpha value is -2.06. The molecule has 2 aromatic carbocycles. The molecule has 1 aliphatic rings. The van der Waals surface area contributed by atoms with E-state index in [1.807, 2.05) is 30.9 Å². The Bertz CT molecular complexity index is 1060. The number of rotatable bonds is 5. The van der Waals surface area contributed by atoms with Crippen molar-refractivity contribution in [1.82, 2.24) is 10.2 Å². The second kappa shape index (κ2) is 11.4. The minimum Gasteiger partial charge on any atom is -0.367 e. The van der Waals surface area contributed by atoms with Gasteiger partial charge in [0.15, 0.2) is 5.11 Å². The third-order valence-corrected chi connectivity index (χ3v) is 6.22. The molecule has 1 aliphatic heterocycles. The van der Waals surface area contributed by atoms with Crippen molar-refractivity contribution in [1.29, 1.82) is 0 Å². The Balaban J connectivity index is 1.56. The molecule has 3 rings (SSSR count). The van der Waals surface area contributed by atoms with Crippen molar-refractivity contribution in [3.63, 3.8) is 0 Å². The lowest BCUT2D eigenvalue weighted by Gasteiger charge is -2.37. The average Bonchev–Trinajstić information content (AvgIpc) is 2.73. The Labute approximate surface area is 214 Å². The fourth-order valence-corrected chi connectivity index (χ4v) is 4.53. The van der Waals surface area contributed by atoms with Crippen LogP contribution in [0.1, 0.15) is 30.6 Å². The SMILES string of the molecule is CC(C)CC(=O)N1CCN(c2ccc(NC(=S)NC(=O)c3ccc(Cl)cc3Cl)cc2Cl)CC1. The van der Waals surface area contributed by atoms with E-state index in [1.165, 1.54) is 12.1 Å². The van der Waals surface area contributed by atoms with Gasteiger partial charge in [0.1, 0.15) is 0 Å². The molecule has 10 heteroatoms. The number of halogens is 3. The number of nitrogens with zero attached hydrogens (tertiary/aromatic N) is 2. The van der Waals surface area contributed by atoms with Gasteiger partial charge in [-0.05, 0) is 54.5 Å². The maximum atomic E-state index is 12.4. The molecule has 0 saturated carbocycles. The Kier molecular flexibility index (Phi) is 8.82. The van der Waals surface area contributed by atoms with Crippen LogP contribution >= 0.6 is 47.0 Å². The summed E-state index contributed by atoms with van der Waals surface area (Å²) in [5, 5.41) is 6.90. The van der Waals surface area contributed by atoms with E-state index in [0.29, 0.717) is 54.3 Å². The first kappa shape index (κ1) is 25.6. The third kappa shape index (κ3) is 6.96. The summed E-state index contributed by atoms with van der Waals surface area (Å²) in [5.74, 6) is 0.108. The van der Waals surface area contributed by atoms with Gasteiger partial charge < -0.3 is 15.1 Å². The van der Waals surface area contributed by atoms with Gasteiger partial charge in [-0.1, -0.05) is 48.7 Å². The summed E-state index contributed by atoms with van der Waals surface area (Å²) in [7, 11) is 0. The second-order valence-corrected chi connectivity index (χ2v) is 9.82. The molecule has 0 aliphatic carbocycles. The zero-order chi connectivity index (χ0) is 24.1. The molecule has 1 saturated heterocycles. The van der Waals surface area contributed by atoms with Crippen LogP contribution in [-0.2, 0) is 4.79 Å². The highest BCUT2D eigenvalue weighted by Crippen LogP contribution is 2.30. The van der Waals surface area contributed by atoms with Crippen molar-refractivity contribution >= 4 is 75.3 Å². The first-order valence-corrected chi connectivity index (χ1v) is 12.1. The highest BCUT2D eigenvalue weighted by Gasteiger charge is 2.23. The normalized spacial score (nSPS) is 13.8. The van der Waals surface area contributed by atoms with Gasteiger partial charge in [0.05, 0.1) is 21.3 Å². The first-order chi connectivity index (χ1) is 15.6. The number of piperazine rings is 1. The molecule has 2 amide bonds. The molecular weight excluding hydrogens is 503 g/mol. The number of nitrogens with one attached hydrogen (secondary N) is 2. The summed E-state index contributed by atoms with van der Waals surface area (Å²) < 4.78 is 0. The summed E-state index contributed by atoms with van der Waals surface area (Å²) in [5.41, 5.74) is 1.80. The highest BCUT2D eigenvalue weighted by atomic mass is 35.5. The first-order valence-electron chi connectivity index (χ1n) is 10.5. The second-order valence-electron chi connectivity index (χ2n) is 8.16. The van der Waals surface area contributed by atoms with Gasteiger partial charge in [0.2, 0.25) is 5.91 Å². The molecule has 2 aromatic rings. The van der Waals surface area contributed by atoms with E-state index in [1.54, 1.807) is 12.1 Å². The van der Waals surface area contributed by atoms with E-state index in [2.05, 4.69) is 15.5 Å². The lowest BCUT2D eigenvalue weighted by atomic mass is 10.1. The standard InChI is InChI=1S/C23H25Cl3N4O2S/c1-14(2)11-21(31)30-9-7-29(8-10-30)20-6-4-16(13-19(20)26)27-23(33)28-22(32)17-5-3-15(24)12-18(17)25/h3-6,12-14H,7-11H2,1-2H3,(H2,27,28,32,33). The number of carbonyl (C=O) groups is 2. The van der Waals surface area contributed by atoms with Gasteiger partial charge in [-0.2, -0.15) is 0 Å². The molecule has 0 aromatic heterocycles. The van der Waals surface area contributed by atoms with E-state index in [4.69, 9.17) is 47.0 Å². The van der Waals surface area contributed by atoms with E-state index in [9.17, 15) is 9.59 Å². The van der Waals surface area contributed by atoms with E-state index in [0.717, 1.165) is 5.69 Å². The van der Waals surface area contributed by atoms with Crippen LogP contribution in [0.4, 0.5) is 11.4 Å². The average molecular weight is 528 g/mol. The van der Waals surface area contributed by atoms with Crippen molar-refractivity contribution in [2.45, 2.75) is 20.3 Å². The Morgan fingerprint density at radius 3 is 2.30 bits per heavy atom. The van der Waals surface area contributed by atoms with E-state index >= 15 is 0 Å². The van der Waals surface area contributed by atoms with Crippen LogP contribution in [0, 0.1) is 5.92 Å². The number of carbonyl (C=O) groups excluding carboxylic acids is 2. The maximum absolute atomic E-state index is 12.4. The van der Waals surface area contributed by atoms with Gasteiger partial charge in [-0.15, -0.1) is 0 Å². The molecule has 176 valence electrons. The predicted octanol–water partition coefficient (Wildman–Crippen LogP) is 5.47. The van der Waals surface area contributed by atoms with Crippen molar-refractivity contribution < 1.29 is 9.59 Å². The molecule has 0 bridgehead atoms. The fourth-order valence-electron chi connectivity index (χ4n) is 3.52. The van der Waals surface area contributed by atoms with Crippen molar-refractivity contribution in [2.75, 3.05) is 36.4 Å². The van der Waals surface area contributed by atoms with E-state index in [-0.39, 0.29) is 21.6 Å². The zero-order valence-electron chi connectivity index (χ0n) is 18.3. The van der Waals surface area contributed by atoms with Crippen LogP contribution in [0.2, 0.25) is 15.1 Å². The molecule has 1 heterocycles. The number of benzene rings is 2. The van der Waals surface area contributed by atoms with Crippen molar-refractivity contribution in [3.05, 3.63) is 57.0 Å². The minimum absolute atomic E-state index is 0.118. The Morgan fingerprint density at radius 2 is 1.70 bits per heavy atom. The molecule has 33 heavy (non-hydrogen) atoms. The van der Waals surface area contributed by atoms with Gasteiger partial charge in [-0.25, -0.2) is 0 Å².